The second kappa shape index (κ2) is 8.03. The summed E-state index contributed by atoms with van der Waals surface area (Å²) in [7, 11) is -3.83. The van der Waals surface area contributed by atoms with Crippen LogP contribution in [0.3, 0.4) is 0 Å². The summed E-state index contributed by atoms with van der Waals surface area (Å²) in [4.78, 5) is 11.3. The van der Waals surface area contributed by atoms with E-state index in [4.69, 9.17) is 21.1 Å². The number of carbonyl (C=O) groups is 1. The van der Waals surface area contributed by atoms with Crippen LogP contribution in [0.25, 0.3) is 0 Å². The van der Waals surface area contributed by atoms with Crippen LogP contribution in [0.2, 0.25) is 5.02 Å². The monoisotopic (exact) mass is 369 g/mol. The first-order valence-electron chi connectivity index (χ1n) is 7.08. The van der Waals surface area contributed by atoms with Gasteiger partial charge in [-0.25, -0.2) is 13.2 Å². The van der Waals surface area contributed by atoms with Gasteiger partial charge in [-0.15, -0.1) is 0 Å². The van der Waals surface area contributed by atoms with Gasteiger partial charge in [-0.3, -0.25) is 4.72 Å². The molecule has 0 fully saturated rings. The molecule has 0 aromatic heterocycles. The van der Waals surface area contributed by atoms with Crippen molar-refractivity contribution in [2.45, 2.75) is 11.8 Å². The van der Waals surface area contributed by atoms with Crippen LogP contribution in [0.4, 0.5) is 5.69 Å². The van der Waals surface area contributed by atoms with Crippen molar-refractivity contribution < 1.29 is 22.7 Å². The van der Waals surface area contributed by atoms with Crippen molar-refractivity contribution in [3.8, 4) is 5.75 Å². The molecule has 0 heterocycles. The topological polar surface area (TPSA) is 81.7 Å². The first kappa shape index (κ1) is 18.1. The van der Waals surface area contributed by atoms with Gasteiger partial charge in [0.1, 0.15) is 10.6 Å². The van der Waals surface area contributed by atoms with E-state index in [1.54, 1.807) is 37.3 Å². The quantitative estimate of drug-likeness (QED) is 0.758. The van der Waals surface area contributed by atoms with Gasteiger partial charge in [0.05, 0.1) is 17.3 Å². The van der Waals surface area contributed by atoms with E-state index >= 15 is 0 Å². The van der Waals surface area contributed by atoms with Gasteiger partial charge in [0.15, 0.2) is 6.61 Å². The molecule has 0 amide bonds. The highest BCUT2D eigenvalue weighted by molar-refractivity contribution is 7.92. The fourth-order valence-corrected chi connectivity index (χ4v) is 3.44. The number of sulfonamides is 1. The number of esters is 1. The zero-order valence-electron chi connectivity index (χ0n) is 12.9. The third-order valence-electron chi connectivity index (χ3n) is 2.87. The lowest BCUT2D eigenvalue weighted by atomic mass is 10.3. The largest absolute Gasteiger partial charge is 0.482 e. The highest BCUT2D eigenvalue weighted by Crippen LogP contribution is 2.25. The maximum atomic E-state index is 12.4. The van der Waals surface area contributed by atoms with E-state index in [2.05, 4.69) is 4.72 Å². The van der Waals surface area contributed by atoms with E-state index in [0.29, 0.717) is 5.75 Å². The lowest BCUT2D eigenvalue weighted by molar-refractivity contribution is -0.145. The lowest BCUT2D eigenvalue weighted by Crippen LogP contribution is -2.15. The molecule has 0 atom stereocenters. The molecule has 0 unspecified atom stereocenters. The van der Waals surface area contributed by atoms with E-state index < -0.39 is 16.0 Å². The first-order valence-corrected chi connectivity index (χ1v) is 8.94. The SMILES string of the molecule is CCOC(=O)COc1cccc(NS(=O)(=O)c2ccccc2Cl)c1. The summed E-state index contributed by atoms with van der Waals surface area (Å²) in [5, 5.41) is 0.125. The molecule has 0 aliphatic rings. The molecule has 128 valence electrons. The summed E-state index contributed by atoms with van der Waals surface area (Å²) >= 11 is 5.93. The van der Waals surface area contributed by atoms with Crippen molar-refractivity contribution in [1.29, 1.82) is 0 Å². The minimum absolute atomic E-state index is 0.0236. The summed E-state index contributed by atoms with van der Waals surface area (Å²) in [5.74, 6) is -0.165. The zero-order valence-corrected chi connectivity index (χ0v) is 14.4. The molecule has 2 aromatic carbocycles. The van der Waals surface area contributed by atoms with E-state index in [9.17, 15) is 13.2 Å². The predicted octanol–water partition coefficient (Wildman–Crippen LogP) is 3.08. The highest BCUT2D eigenvalue weighted by atomic mass is 35.5. The normalized spacial score (nSPS) is 10.9. The second-order valence-electron chi connectivity index (χ2n) is 4.66. The average molecular weight is 370 g/mol. The molecule has 6 nitrogen and oxygen atoms in total. The molecule has 2 rings (SSSR count). The van der Waals surface area contributed by atoms with E-state index in [1.165, 1.54) is 18.2 Å². The molecule has 1 N–H and O–H groups in total. The van der Waals surface area contributed by atoms with Crippen LogP contribution in [0.1, 0.15) is 6.92 Å². The summed E-state index contributed by atoms with van der Waals surface area (Å²) in [6.45, 7) is 1.70. The number of carbonyl (C=O) groups excluding carboxylic acids is 1. The summed E-state index contributed by atoms with van der Waals surface area (Å²) < 4.78 is 37.2. The van der Waals surface area contributed by atoms with Crippen LogP contribution in [0, 0.1) is 0 Å². The summed E-state index contributed by atoms with van der Waals surface area (Å²) in [6, 6.07) is 12.4. The predicted molar refractivity (Wildman–Crippen MR) is 90.8 cm³/mol. The number of hydrogen-bond acceptors (Lipinski definition) is 5. The van der Waals surface area contributed by atoms with Crippen molar-refractivity contribution in [3.63, 3.8) is 0 Å². The Kier molecular flexibility index (Phi) is 6.05. The molecule has 8 heteroatoms. The van der Waals surface area contributed by atoms with Gasteiger partial charge in [0.2, 0.25) is 0 Å². The first-order chi connectivity index (χ1) is 11.4. The number of hydrogen-bond donors (Lipinski definition) is 1. The number of benzene rings is 2. The molecule has 0 bridgehead atoms. The van der Waals surface area contributed by atoms with Gasteiger partial charge in [-0.1, -0.05) is 29.8 Å². The Morgan fingerprint density at radius 2 is 1.92 bits per heavy atom. The smallest absolute Gasteiger partial charge is 0.344 e. The Balaban J connectivity index is 2.12. The maximum absolute atomic E-state index is 12.4. The Morgan fingerprint density at radius 1 is 1.17 bits per heavy atom. The minimum Gasteiger partial charge on any atom is -0.482 e. The van der Waals surface area contributed by atoms with Gasteiger partial charge in [0, 0.05) is 6.07 Å². The Hall–Kier alpha value is -2.25. The van der Waals surface area contributed by atoms with Crippen molar-refractivity contribution in [3.05, 3.63) is 53.6 Å². The van der Waals surface area contributed by atoms with E-state index in [0.717, 1.165) is 0 Å². The molecular formula is C16H16ClNO5S. The van der Waals surface area contributed by atoms with Gasteiger partial charge >= 0.3 is 5.97 Å². The minimum atomic E-state index is -3.83. The molecule has 0 aliphatic heterocycles. The fraction of sp³-hybridized carbons (Fsp3) is 0.188. The second-order valence-corrected chi connectivity index (χ2v) is 6.72. The van der Waals surface area contributed by atoms with Gasteiger partial charge in [-0.05, 0) is 31.2 Å². The number of rotatable bonds is 7. The summed E-state index contributed by atoms with van der Waals surface area (Å²) in [5.41, 5.74) is 0.288. The van der Waals surface area contributed by atoms with Crippen molar-refractivity contribution in [2.24, 2.45) is 0 Å². The Morgan fingerprint density at radius 3 is 2.62 bits per heavy atom. The molecule has 0 saturated carbocycles. The number of anilines is 1. The van der Waals surface area contributed by atoms with Gasteiger partial charge < -0.3 is 9.47 Å². The van der Waals surface area contributed by atoms with Crippen molar-refractivity contribution in [1.82, 2.24) is 0 Å². The Labute approximate surface area is 145 Å². The molecular weight excluding hydrogens is 354 g/mol. The van der Waals surface area contributed by atoms with E-state index in [1.807, 2.05) is 0 Å². The van der Waals surface area contributed by atoms with Crippen LogP contribution in [-0.4, -0.2) is 27.6 Å². The average Bonchev–Trinajstić information content (AvgIpc) is 2.53. The maximum Gasteiger partial charge on any atom is 0.344 e. The highest BCUT2D eigenvalue weighted by Gasteiger charge is 2.17. The van der Waals surface area contributed by atoms with Gasteiger partial charge in [-0.2, -0.15) is 0 Å². The van der Waals surface area contributed by atoms with Gasteiger partial charge in [0.25, 0.3) is 10.0 Å². The van der Waals surface area contributed by atoms with E-state index in [-0.39, 0.29) is 28.8 Å². The number of halogens is 1. The number of ether oxygens (including phenoxy) is 2. The lowest BCUT2D eigenvalue weighted by Gasteiger charge is -2.11. The molecule has 0 saturated heterocycles. The molecule has 24 heavy (non-hydrogen) atoms. The van der Waals surface area contributed by atoms with Crippen LogP contribution in [0.15, 0.2) is 53.4 Å². The fourth-order valence-electron chi connectivity index (χ4n) is 1.87. The van der Waals surface area contributed by atoms with Crippen LogP contribution >= 0.6 is 11.6 Å². The Bertz CT molecular complexity index is 823. The van der Waals surface area contributed by atoms with Crippen molar-refractivity contribution >= 4 is 33.3 Å². The van der Waals surface area contributed by atoms with Crippen molar-refractivity contribution in [2.75, 3.05) is 17.9 Å². The standard InChI is InChI=1S/C16H16ClNO5S/c1-2-22-16(19)11-23-13-7-5-6-12(10-13)18-24(20,21)15-9-4-3-8-14(15)17/h3-10,18H,2,11H2,1H3. The number of nitrogens with one attached hydrogen (secondary N) is 1. The van der Waals surface area contributed by atoms with Crippen LogP contribution < -0.4 is 9.46 Å². The molecule has 0 radical (unpaired) electrons. The molecule has 0 spiro atoms. The zero-order chi connectivity index (χ0) is 17.6. The molecule has 0 aliphatic carbocycles. The van der Waals surface area contributed by atoms with Crippen LogP contribution in [-0.2, 0) is 19.6 Å². The molecule has 2 aromatic rings. The third-order valence-corrected chi connectivity index (χ3v) is 4.76. The summed E-state index contributed by atoms with van der Waals surface area (Å²) in [6.07, 6.45) is 0. The third kappa shape index (κ3) is 4.87. The van der Waals surface area contributed by atoms with Crippen LogP contribution in [0.5, 0.6) is 5.75 Å².